The molecule has 0 spiro atoms. The van der Waals surface area contributed by atoms with Crippen LogP contribution >= 0.6 is 11.6 Å². The molecule has 1 amide bonds. The molecule has 0 aromatic heterocycles. The van der Waals surface area contributed by atoms with E-state index in [-0.39, 0.29) is 22.9 Å². The van der Waals surface area contributed by atoms with E-state index in [4.69, 9.17) is 16.3 Å². The van der Waals surface area contributed by atoms with Crippen molar-refractivity contribution in [3.05, 3.63) is 88.4 Å². The van der Waals surface area contributed by atoms with E-state index in [1.807, 2.05) is 6.92 Å². The molecular weight excluding hydrogens is 478 g/mol. The highest BCUT2D eigenvalue weighted by Crippen LogP contribution is 2.28. The maximum atomic E-state index is 13.3. The number of hydrogen-bond donors (Lipinski definition) is 2. The summed E-state index contributed by atoms with van der Waals surface area (Å²) in [6.07, 6.45) is 1.24. The summed E-state index contributed by atoms with van der Waals surface area (Å²) in [4.78, 5) is 12.7. The number of aryl methyl sites for hydroxylation is 1. The van der Waals surface area contributed by atoms with Crippen LogP contribution in [0.15, 0.2) is 76.7 Å². The molecule has 3 aromatic carbocycles. The molecule has 0 fully saturated rings. The van der Waals surface area contributed by atoms with Gasteiger partial charge in [0.25, 0.3) is 5.91 Å². The quantitative estimate of drug-likeness (QED) is 0.343. The molecule has 3 aromatic rings. The Hall–Kier alpha value is -3.40. The Kier molecular flexibility index (Phi) is 8.27. The van der Waals surface area contributed by atoms with Gasteiger partial charge in [0.15, 0.2) is 11.5 Å². The van der Waals surface area contributed by atoms with Crippen LogP contribution in [0.3, 0.4) is 0 Å². The predicted octanol–water partition coefficient (Wildman–Crippen LogP) is 3.70. The van der Waals surface area contributed by atoms with Gasteiger partial charge in [-0.3, -0.25) is 4.79 Å². The number of sulfonamides is 1. The van der Waals surface area contributed by atoms with Gasteiger partial charge in [-0.15, -0.1) is 0 Å². The molecule has 0 bridgehead atoms. The summed E-state index contributed by atoms with van der Waals surface area (Å²) in [6, 6.07) is 18.0. The molecule has 0 unspecified atom stereocenters. The van der Waals surface area contributed by atoms with Gasteiger partial charge in [0.1, 0.15) is 0 Å². The number of amides is 1. The van der Waals surface area contributed by atoms with Gasteiger partial charge in [-0.2, -0.15) is 9.41 Å². The van der Waals surface area contributed by atoms with E-state index in [9.17, 15) is 18.3 Å². The van der Waals surface area contributed by atoms with Crippen molar-refractivity contribution < 1.29 is 23.1 Å². The number of benzene rings is 3. The molecule has 0 radical (unpaired) electrons. The highest BCUT2D eigenvalue weighted by Gasteiger charge is 2.27. The number of hydrogen-bond acceptors (Lipinski definition) is 6. The maximum absolute atomic E-state index is 13.3. The van der Waals surface area contributed by atoms with Crippen molar-refractivity contribution in [2.75, 3.05) is 13.7 Å². The van der Waals surface area contributed by atoms with Gasteiger partial charge in [0.2, 0.25) is 10.0 Å². The lowest BCUT2D eigenvalue weighted by Gasteiger charge is -2.22. The van der Waals surface area contributed by atoms with Gasteiger partial charge in [-0.05, 0) is 42.8 Å². The van der Waals surface area contributed by atoms with E-state index >= 15 is 0 Å². The highest BCUT2D eigenvalue weighted by atomic mass is 35.5. The molecule has 0 heterocycles. The van der Waals surface area contributed by atoms with E-state index in [1.165, 1.54) is 25.5 Å². The Bertz CT molecular complexity index is 1290. The molecule has 0 aliphatic carbocycles. The zero-order chi connectivity index (χ0) is 24.7. The maximum Gasteiger partial charge on any atom is 0.255 e. The topological polar surface area (TPSA) is 108 Å². The molecule has 0 aliphatic heterocycles. The molecule has 10 heteroatoms. The number of carbonyl (C=O) groups excluding carboxylic acids is 1. The van der Waals surface area contributed by atoms with Gasteiger partial charge in [-0.1, -0.05) is 53.6 Å². The van der Waals surface area contributed by atoms with Gasteiger partial charge in [-0.25, -0.2) is 13.8 Å². The number of para-hydroxylation sites is 1. The number of phenolic OH excluding ortho intramolecular Hbond substituents is 1. The lowest BCUT2D eigenvalue weighted by Crippen LogP contribution is -2.39. The fourth-order valence-electron chi connectivity index (χ4n) is 3.08. The Balaban J connectivity index is 1.81. The summed E-state index contributed by atoms with van der Waals surface area (Å²) in [5.41, 5.74) is 4.08. The van der Waals surface area contributed by atoms with Crippen LogP contribution in [0.1, 0.15) is 16.7 Å². The predicted molar refractivity (Wildman–Crippen MR) is 131 cm³/mol. The van der Waals surface area contributed by atoms with Crippen LogP contribution in [0.25, 0.3) is 0 Å². The summed E-state index contributed by atoms with van der Waals surface area (Å²) in [5, 5.41) is 14.3. The number of nitrogens with zero attached hydrogens (tertiary/aromatic N) is 2. The third kappa shape index (κ3) is 6.13. The molecule has 0 aliphatic rings. The number of phenols is 1. The Labute approximate surface area is 203 Å². The second kappa shape index (κ2) is 11.1. The molecule has 0 saturated carbocycles. The zero-order valence-electron chi connectivity index (χ0n) is 18.6. The summed E-state index contributed by atoms with van der Waals surface area (Å²) >= 11 is 6.23. The first-order valence-electron chi connectivity index (χ1n) is 10.2. The smallest absolute Gasteiger partial charge is 0.255 e. The van der Waals surface area contributed by atoms with Crippen molar-refractivity contribution in [3.63, 3.8) is 0 Å². The molecule has 3 rings (SSSR count). The summed E-state index contributed by atoms with van der Waals surface area (Å²) in [6.45, 7) is 1.25. The first kappa shape index (κ1) is 25.2. The number of methoxy groups -OCH3 is 1. The number of hydrazone groups is 1. The third-order valence-electron chi connectivity index (χ3n) is 4.93. The second-order valence-corrected chi connectivity index (χ2v) is 9.71. The fourth-order valence-corrected chi connectivity index (χ4v) is 4.65. The van der Waals surface area contributed by atoms with E-state index in [0.717, 1.165) is 9.87 Å². The number of aromatic hydroxyl groups is 1. The standard InChI is InChI=1S/C24H24ClN3O5S/c1-17-10-12-20(13-11-17)34(31,32)28(15-19-6-3-4-8-21(19)25)16-23(29)27-26-14-18-7-5-9-22(33-2)24(18)30/h3-14,30H,15-16H2,1-2H3,(H,27,29)/b26-14-. The lowest BCUT2D eigenvalue weighted by molar-refractivity contribution is -0.121. The van der Waals surface area contributed by atoms with Crippen LogP contribution in [0.5, 0.6) is 11.5 Å². The van der Waals surface area contributed by atoms with Crippen LogP contribution < -0.4 is 10.2 Å². The van der Waals surface area contributed by atoms with Crippen LogP contribution in [-0.2, 0) is 21.4 Å². The number of rotatable bonds is 9. The molecule has 0 atom stereocenters. The van der Waals surface area contributed by atoms with E-state index in [0.29, 0.717) is 16.1 Å². The number of nitrogens with one attached hydrogen (secondary N) is 1. The summed E-state index contributed by atoms with van der Waals surface area (Å²) in [7, 11) is -2.60. The minimum Gasteiger partial charge on any atom is -0.504 e. The van der Waals surface area contributed by atoms with Gasteiger partial charge < -0.3 is 9.84 Å². The minimum atomic E-state index is -4.02. The van der Waals surface area contributed by atoms with Crippen molar-refractivity contribution in [2.45, 2.75) is 18.4 Å². The number of ether oxygens (including phenoxy) is 1. The summed E-state index contributed by atoms with van der Waals surface area (Å²) < 4.78 is 32.7. The van der Waals surface area contributed by atoms with Gasteiger partial charge >= 0.3 is 0 Å². The number of halogens is 1. The first-order valence-corrected chi connectivity index (χ1v) is 12.0. The normalized spacial score (nSPS) is 11.6. The Morgan fingerprint density at radius 2 is 1.82 bits per heavy atom. The highest BCUT2D eigenvalue weighted by molar-refractivity contribution is 7.89. The van der Waals surface area contributed by atoms with Crippen molar-refractivity contribution in [1.82, 2.24) is 9.73 Å². The van der Waals surface area contributed by atoms with Crippen LogP contribution in [0, 0.1) is 6.92 Å². The average molecular weight is 502 g/mol. The molecule has 8 nitrogen and oxygen atoms in total. The van der Waals surface area contributed by atoms with Crippen molar-refractivity contribution in [3.8, 4) is 11.5 Å². The monoisotopic (exact) mass is 501 g/mol. The Morgan fingerprint density at radius 1 is 1.12 bits per heavy atom. The van der Waals surface area contributed by atoms with E-state index in [1.54, 1.807) is 54.6 Å². The van der Waals surface area contributed by atoms with Crippen molar-refractivity contribution in [2.24, 2.45) is 5.10 Å². The van der Waals surface area contributed by atoms with Gasteiger partial charge in [0, 0.05) is 17.1 Å². The Morgan fingerprint density at radius 3 is 2.50 bits per heavy atom. The van der Waals surface area contributed by atoms with Gasteiger partial charge in [0.05, 0.1) is 24.8 Å². The second-order valence-electron chi connectivity index (χ2n) is 7.37. The molecular formula is C24H24ClN3O5S. The average Bonchev–Trinajstić information content (AvgIpc) is 2.81. The van der Waals surface area contributed by atoms with Crippen LogP contribution in [0.2, 0.25) is 5.02 Å². The SMILES string of the molecule is COc1cccc(/C=N\NC(=O)CN(Cc2ccccc2Cl)S(=O)(=O)c2ccc(C)cc2)c1O. The third-order valence-corrected chi connectivity index (χ3v) is 7.10. The minimum absolute atomic E-state index is 0.0581. The first-order chi connectivity index (χ1) is 16.2. The zero-order valence-corrected chi connectivity index (χ0v) is 20.2. The lowest BCUT2D eigenvalue weighted by atomic mass is 10.2. The summed E-state index contributed by atoms with van der Waals surface area (Å²) in [5.74, 6) is -0.544. The molecule has 2 N–H and O–H groups in total. The van der Waals surface area contributed by atoms with E-state index < -0.39 is 22.5 Å². The van der Waals surface area contributed by atoms with E-state index in [2.05, 4.69) is 10.5 Å². The largest absolute Gasteiger partial charge is 0.504 e. The number of carbonyl (C=O) groups is 1. The van der Waals surface area contributed by atoms with Crippen molar-refractivity contribution >= 4 is 33.7 Å². The molecule has 0 saturated heterocycles. The molecule has 34 heavy (non-hydrogen) atoms. The molecule has 178 valence electrons. The fraction of sp³-hybridized carbons (Fsp3) is 0.167. The van der Waals surface area contributed by atoms with Crippen LogP contribution in [0.4, 0.5) is 0 Å². The van der Waals surface area contributed by atoms with Crippen molar-refractivity contribution in [1.29, 1.82) is 0 Å². The van der Waals surface area contributed by atoms with Crippen LogP contribution in [-0.4, -0.2) is 43.6 Å².